The second-order valence-corrected chi connectivity index (χ2v) is 10.1. The molecule has 0 unspecified atom stereocenters. The zero-order valence-electron chi connectivity index (χ0n) is 15.1. The SMILES string of the molecule is Cc1c(COC(=O)[C@@H]2[C@@H](C=C(Br)Br)C2(C)C)cccc1-c1ccccc1. The molecule has 3 rings (SSSR count). The first-order valence-electron chi connectivity index (χ1n) is 8.65. The highest BCUT2D eigenvalue weighted by molar-refractivity contribution is 9.28. The molecular formula is C22H22Br2O2. The number of carbonyl (C=O) groups excluding carboxylic acids is 1. The molecule has 0 heterocycles. The number of ether oxygens (including phenoxy) is 1. The zero-order chi connectivity index (χ0) is 18.9. The van der Waals surface area contributed by atoms with E-state index in [1.165, 1.54) is 11.1 Å². The maximum Gasteiger partial charge on any atom is 0.310 e. The smallest absolute Gasteiger partial charge is 0.310 e. The molecule has 0 spiro atoms. The summed E-state index contributed by atoms with van der Waals surface area (Å²) in [5.74, 6) is -0.0206. The van der Waals surface area contributed by atoms with Gasteiger partial charge in [0.15, 0.2) is 0 Å². The fourth-order valence-corrected chi connectivity index (χ4v) is 4.15. The van der Waals surface area contributed by atoms with Gasteiger partial charge in [-0.15, -0.1) is 0 Å². The number of esters is 1. The van der Waals surface area contributed by atoms with Crippen LogP contribution in [0.1, 0.15) is 25.0 Å². The average molecular weight is 478 g/mol. The van der Waals surface area contributed by atoms with Gasteiger partial charge in [0.25, 0.3) is 0 Å². The number of rotatable bonds is 5. The van der Waals surface area contributed by atoms with E-state index in [-0.39, 0.29) is 23.2 Å². The minimum absolute atomic E-state index is 0.0647. The minimum Gasteiger partial charge on any atom is -0.461 e. The first-order valence-corrected chi connectivity index (χ1v) is 10.2. The van der Waals surface area contributed by atoms with Crippen molar-refractivity contribution in [2.24, 2.45) is 17.3 Å². The van der Waals surface area contributed by atoms with Crippen LogP contribution in [0.25, 0.3) is 11.1 Å². The largest absolute Gasteiger partial charge is 0.461 e. The summed E-state index contributed by atoms with van der Waals surface area (Å²) in [5, 5.41) is 0. The Morgan fingerprint density at radius 2 is 1.81 bits per heavy atom. The van der Waals surface area contributed by atoms with Gasteiger partial charge >= 0.3 is 5.97 Å². The topological polar surface area (TPSA) is 26.3 Å². The van der Waals surface area contributed by atoms with Gasteiger partial charge in [-0.2, -0.15) is 0 Å². The molecule has 1 aliphatic carbocycles. The third-order valence-electron chi connectivity index (χ3n) is 5.37. The molecule has 4 heteroatoms. The molecule has 2 aromatic carbocycles. The Labute approximate surface area is 171 Å². The van der Waals surface area contributed by atoms with Crippen LogP contribution in [0.15, 0.2) is 58.0 Å². The number of halogens is 2. The molecule has 1 saturated carbocycles. The summed E-state index contributed by atoms with van der Waals surface area (Å²) in [5.41, 5.74) is 4.49. The molecule has 0 aromatic heterocycles. The van der Waals surface area contributed by atoms with Crippen molar-refractivity contribution in [3.63, 3.8) is 0 Å². The lowest BCUT2D eigenvalue weighted by Crippen LogP contribution is -2.11. The van der Waals surface area contributed by atoms with Gasteiger partial charge in [-0.3, -0.25) is 4.79 Å². The second-order valence-electron chi connectivity index (χ2n) is 7.34. The molecule has 2 nitrogen and oxygen atoms in total. The number of hydrogen-bond donors (Lipinski definition) is 0. The Bertz CT molecular complexity index is 836. The van der Waals surface area contributed by atoms with E-state index in [4.69, 9.17) is 4.74 Å². The van der Waals surface area contributed by atoms with Crippen LogP contribution in [-0.4, -0.2) is 5.97 Å². The molecular weight excluding hydrogens is 456 g/mol. The third kappa shape index (κ3) is 3.96. The van der Waals surface area contributed by atoms with Crippen LogP contribution in [-0.2, 0) is 16.1 Å². The van der Waals surface area contributed by atoms with Crippen molar-refractivity contribution in [2.45, 2.75) is 27.4 Å². The summed E-state index contributed by atoms with van der Waals surface area (Å²) in [4.78, 5) is 12.6. The predicted octanol–water partition coefficient (Wildman–Crippen LogP) is 6.61. The van der Waals surface area contributed by atoms with Gasteiger partial charge < -0.3 is 4.74 Å². The maximum absolute atomic E-state index is 12.6. The van der Waals surface area contributed by atoms with Gasteiger partial charge in [0.05, 0.1) is 9.31 Å². The summed E-state index contributed by atoms with van der Waals surface area (Å²) in [6.07, 6.45) is 2.03. The van der Waals surface area contributed by atoms with Crippen molar-refractivity contribution in [1.29, 1.82) is 0 Å². The van der Waals surface area contributed by atoms with E-state index in [0.29, 0.717) is 6.61 Å². The molecule has 26 heavy (non-hydrogen) atoms. The Hall–Kier alpha value is -1.39. The summed E-state index contributed by atoms with van der Waals surface area (Å²) < 4.78 is 6.55. The van der Waals surface area contributed by atoms with Crippen molar-refractivity contribution in [3.05, 3.63) is 69.1 Å². The molecule has 0 N–H and O–H groups in total. The Kier molecular flexibility index (Phi) is 5.73. The van der Waals surface area contributed by atoms with E-state index in [0.717, 1.165) is 14.5 Å². The highest BCUT2D eigenvalue weighted by atomic mass is 79.9. The Morgan fingerprint density at radius 1 is 1.12 bits per heavy atom. The zero-order valence-corrected chi connectivity index (χ0v) is 18.3. The average Bonchev–Trinajstić information content (AvgIpc) is 3.14. The van der Waals surface area contributed by atoms with E-state index < -0.39 is 0 Å². The highest BCUT2D eigenvalue weighted by Crippen LogP contribution is 2.60. The van der Waals surface area contributed by atoms with Crippen molar-refractivity contribution < 1.29 is 9.53 Å². The van der Waals surface area contributed by atoms with Crippen LogP contribution < -0.4 is 0 Å². The van der Waals surface area contributed by atoms with Crippen LogP contribution in [0.5, 0.6) is 0 Å². The highest BCUT2D eigenvalue weighted by Gasteiger charge is 2.61. The van der Waals surface area contributed by atoms with Gasteiger partial charge in [-0.25, -0.2) is 0 Å². The van der Waals surface area contributed by atoms with E-state index >= 15 is 0 Å². The quantitative estimate of drug-likeness (QED) is 0.453. The van der Waals surface area contributed by atoms with Crippen LogP contribution >= 0.6 is 31.9 Å². The molecule has 136 valence electrons. The minimum atomic E-state index is -0.123. The molecule has 0 amide bonds. The van der Waals surface area contributed by atoms with E-state index in [1.807, 2.05) is 36.4 Å². The van der Waals surface area contributed by atoms with Crippen molar-refractivity contribution in [3.8, 4) is 11.1 Å². The van der Waals surface area contributed by atoms with Gasteiger partial charge in [0, 0.05) is 0 Å². The summed E-state index contributed by atoms with van der Waals surface area (Å²) in [6, 6.07) is 16.4. The summed E-state index contributed by atoms with van der Waals surface area (Å²) in [7, 11) is 0. The number of carbonyl (C=O) groups is 1. The summed E-state index contributed by atoms with van der Waals surface area (Å²) in [6.45, 7) is 6.60. The standard InChI is InChI=1S/C22H22Br2O2/c1-14-16(10-7-11-17(14)15-8-5-4-6-9-15)13-26-21(25)20-18(12-19(23)24)22(20,2)3/h4-12,18,20H,13H2,1-3H3/t18-,20+/m1/s1. The first-order chi connectivity index (χ1) is 12.3. The third-order valence-corrected chi connectivity index (χ3v) is 5.90. The lowest BCUT2D eigenvalue weighted by Gasteiger charge is -2.12. The number of allylic oxidation sites excluding steroid dienone is 1. The lowest BCUT2D eigenvalue weighted by molar-refractivity contribution is -0.147. The fourth-order valence-electron chi connectivity index (χ4n) is 3.58. The van der Waals surface area contributed by atoms with Gasteiger partial charge in [0.2, 0.25) is 0 Å². The molecule has 1 aliphatic rings. The lowest BCUT2D eigenvalue weighted by atomic mass is 9.97. The van der Waals surface area contributed by atoms with Crippen LogP contribution in [0, 0.1) is 24.2 Å². The van der Waals surface area contributed by atoms with Crippen molar-refractivity contribution >= 4 is 37.8 Å². The predicted molar refractivity (Wildman–Crippen MR) is 113 cm³/mol. The number of hydrogen-bond acceptors (Lipinski definition) is 2. The molecule has 0 saturated heterocycles. The maximum atomic E-state index is 12.6. The van der Waals surface area contributed by atoms with Gasteiger partial charge in [-0.1, -0.05) is 68.5 Å². The Balaban J connectivity index is 1.71. The normalized spacial score (nSPS) is 20.3. The van der Waals surface area contributed by atoms with E-state index in [1.54, 1.807) is 0 Å². The van der Waals surface area contributed by atoms with E-state index in [2.05, 4.69) is 70.8 Å². The molecule has 2 atom stereocenters. The van der Waals surface area contributed by atoms with Crippen molar-refractivity contribution in [1.82, 2.24) is 0 Å². The molecule has 0 bridgehead atoms. The van der Waals surface area contributed by atoms with Gasteiger partial charge in [-0.05, 0) is 72.4 Å². The molecule has 0 aliphatic heterocycles. The van der Waals surface area contributed by atoms with Gasteiger partial charge in [0.1, 0.15) is 6.61 Å². The molecule has 1 fully saturated rings. The number of benzene rings is 2. The van der Waals surface area contributed by atoms with Crippen LogP contribution in [0.3, 0.4) is 0 Å². The molecule has 0 radical (unpaired) electrons. The fraction of sp³-hybridized carbons (Fsp3) is 0.318. The molecule has 2 aromatic rings. The van der Waals surface area contributed by atoms with E-state index in [9.17, 15) is 4.79 Å². The van der Waals surface area contributed by atoms with Crippen LogP contribution in [0.2, 0.25) is 0 Å². The summed E-state index contributed by atoms with van der Waals surface area (Å²) >= 11 is 6.77. The first kappa shape index (κ1) is 19.4. The second kappa shape index (κ2) is 7.69. The Morgan fingerprint density at radius 3 is 2.46 bits per heavy atom. The van der Waals surface area contributed by atoms with Crippen LogP contribution in [0.4, 0.5) is 0 Å². The van der Waals surface area contributed by atoms with Crippen molar-refractivity contribution in [2.75, 3.05) is 0 Å². The monoisotopic (exact) mass is 476 g/mol.